The maximum Gasteiger partial charge on any atom is 0.107 e. The van der Waals surface area contributed by atoms with Crippen LogP contribution >= 0.6 is 15.9 Å². The van der Waals surface area contributed by atoms with E-state index in [9.17, 15) is 0 Å². The topological polar surface area (TPSA) is 41.6 Å². The molecule has 96 valence electrons. The normalized spacial score (nSPS) is 11.1. The Kier molecular flexibility index (Phi) is 3.34. The van der Waals surface area contributed by atoms with E-state index in [-0.39, 0.29) is 0 Å². The summed E-state index contributed by atoms with van der Waals surface area (Å²) in [5, 5.41) is 0. The molecule has 19 heavy (non-hydrogen) atoms. The fraction of sp³-hybridized carbons (Fsp3) is 0.200. The lowest BCUT2D eigenvalue weighted by molar-refractivity contribution is 0.861. The van der Waals surface area contributed by atoms with Crippen molar-refractivity contribution in [3.05, 3.63) is 58.1 Å². The van der Waals surface area contributed by atoms with Crippen molar-refractivity contribution >= 4 is 27.0 Å². The van der Waals surface area contributed by atoms with Crippen LogP contribution in [-0.2, 0) is 12.8 Å². The highest BCUT2D eigenvalue weighted by Crippen LogP contribution is 2.22. The fourth-order valence-electron chi connectivity index (χ4n) is 2.21. The number of halogens is 1. The van der Waals surface area contributed by atoms with Crippen molar-refractivity contribution in [3.63, 3.8) is 0 Å². The quantitative estimate of drug-likeness (QED) is 0.798. The van der Waals surface area contributed by atoms with Gasteiger partial charge in [-0.25, -0.2) is 4.98 Å². The van der Waals surface area contributed by atoms with Gasteiger partial charge in [0, 0.05) is 22.8 Å². The number of fused-ring (bicyclic) bond motifs is 1. The van der Waals surface area contributed by atoms with Crippen molar-refractivity contribution < 1.29 is 0 Å². The number of aryl methyl sites for hydroxylation is 3. The lowest BCUT2D eigenvalue weighted by Gasteiger charge is -1.96. The van der Waals surface area contributed by atoms with Gasteiger partial charge < -0.3 is 4.98 Å². The van der Waals surface area contributed by atoms with Gasteiger partial charge in [-0.1, -0.05) is 22.0 Å². The molecule has 3 aromatic rings. The van der Waals surface area contributed by atoms with E-state index in [0.29, 0.717) is 0 Å². The van der Waals surface area contributed by atoms with Gasteiger partial charge in [-0.2, -0.15) is 0 Å². The predicted octanol–water partition coefficient (Wildman–Crippen LogP) is 3.81. The smallest absolute Gasteiger partial charge is 0.107 e. The van der Waals surface area contributed by atoms with E-state index in [1.807, 2.05) is 24.4 Å². The second-order valence-corrected chi connectivity index (χ2v) is 5.54. The van der Waals surface area contributed by atoms with Crippen LogP contribution in [0.25, 0.3) is 11.0 Å². The average Bonchev–Trinajstić information content (AvgIpc) is 2.81. The number of hydrogen-bond acceptors (Lipinski definition) is 2. The number of rotatable bonds is 3. The van der Waals surface area contributed by atoms with Gasteiger partial charge in [0.25, 0.3) is 0 Å². The van der Waals surface area contributed by atoms with Crippen molar-refractivity contribution in [1.29, 1.82) is 0 Å². The van der Waals surface area contributed by atoms with Crippen LogP contribution in [0.5, 0.6) is 0 Å². The van der Waals surface area contributed by atoms with Gasteiger partial charge >= 0.3 is 0 Å². The van der Waals surface area contributed by atoms with Gasteiger partial charge in [0.05, 0.1) is 11.0 Å². The summed E-state index contributed by atoms with van der Waals surface area (Å²) in [6, 6.07) is 10.2. The van der Waals surface area contributed by atoms with Crippen LogP contribution in [-0.4, -0.2) is 15.0 Å². The van der Waals surface area contributed by atoms with Crippen molar-refractivity contribution in [2.24, 2.45) is 0 Å². The van der Waals surface area contributed by atoms with Crippen LogP contribution in [0, 0.1) is 6.92 Å². The number of aromatic nitrogens is 3. The summed E-state index contributed by atoms with van der Waals surface area (Å²) in [6.45, 7) is 2.08. The Bertz CT molecular complexity index is 704. The fourth-order valence-corrected chi connectivity index (χ4v) is 2.78. The Labute approximate surface area is 120 Å². The molecule has 0 saturated heterocycles. The Hall–Kier alpha value is -1.68. The summed E-state index contributed by atoms with van der Waals surface area (Å²) >= 11 is 3.51. The van der Waals surface area contributed by atoms with E-state index in [0.717, 1.165) is 39.9 Å². The molecular weight excluding hydrogens is 302 g/mol. The minimum absolute atomic E-state index is 0.878. The van der Waals surface area contributed by atoms with Crippen LogP contribution in [0.3, 0.4) is 0 Å². The van der Waals surface area contributed by atoms with E-state index in [1.54, 1.807) is 0 Å². The molecule has 0 aliphatic rings. The largest absolute Gasteiger partial charge is 0.342 e. The zero-order valence-electron chi connectivity index (χ0n) is 10.7. The van der Waals surface area contributed by atoms with Crippen molar-refractivity contribution in [2.45, 2.75) is 19.8 Å². The van der Waals surface area contributed by atoms with Crippen LogP contribution in [0.2, 0.25) is 0 Å². The zero-order chi connectivity index (χ0) is 13.2. The summed E-state index contributed by atoms with van der Waals surface area (Å²) < 4.78 is 1.08. The zero-order valence-corrected chi connectivity index (χ0v) is 12.2. The lowest BCUT2D eigenvalue weighted by Crippen LogP contribution is -1.95. The number of aromatic amines is 1. The van der Waals surface area contributed by atoms with Crippen LogP contribution in [0.1, 0.15) is 17.1 Å². The van der Waals surface area contributed by atoms with Gasteiger partial charge in [0.15, 0.2) is 0 Å². The van der Waals surface area contributed by atoms with Crippen LogP contribution in [0.15, 0.2) is 41.0 Å². The SMILES string of the molecule is Cc1cc(Br)cc2[nH]c(CCc3ccccn3)nc12. The number of imidazole rings is 1. The number of nitrogens with zero attached hydrogens (tertiary/aromatic N) is 2. The summed E-state index contributed by atoms with van der Waals surface area (Å²) in [5.74, 6) is 1.02. The van der Waals surface area contributed by atoms with Gasteiger partial charge in [0.1, 0.15) is 5.82 Å². The molecule has 2 heterocycles. The molecule has 0 unspecified atom stereocenters. The molecule has 0 saturated carbocycles. The number of H-pyrrole nitrogens is 1. The first-order valence-electron chi connectivity index (χ1n) is 6.27. The maximum absolute atomic E-state index is 4.66. The number of hydrogen-bond donors (Lipinski definition) is 1. The second kappa shape index (κ2) is 5.13. The van der Waals surface area contributed by atoms with Gasteiger partial charge in [0.2, 0.25) is 0 Å². The predicted molar refractivity (Wildman–Crippen MR) is 80.2 cm³/mol. The Morgan fingerprint density at radius 3 is 2.89 bits per heavy atom. The van der Waals surface area contributed by atoms with E-state index in [4.69, 9.17) is 0 Å². The highest BCUT2D eigenvalue weighted by Gasteiger charge is 2.06. The van der Waals surface area contributed by atoms with Crippen molar-refractivity contribution in [3.8, 4) is 0 Å². The van der Waals surface area contributed by atoms with E-state index in [2.05, 4.69) is 49.9 Å². The van der Waals surface area contributed by atoms with E-state index in [1.165, 1.54) is 5.56 Å². The van der Waals surface area contributed by atoms with Crippen molar-refractivity contribution in [1.82, 2.24) is 15.0 Å². The first-order valence-corrected chi connectivity index (χ1v) is 7.06. The molecule has 2 aromatic heterocycles. The molecule has 1 aromatic carbocycles. The van der Waals surface area contributed by atoms with Crippen LogP contribution in [0.4, 0.5) is 0 Å². The third-order valence-electron chi connectivity index (χ3n) is 3.14. The summed E-state index contributed by atoms with van der Waals surface area (Å²) in [5.41, 5.74) is 4.42. The Balaban J connectivity index is 1.84. The van der Waals surface area contributed by atoms with Gasteiger partial charge in [-0.3, -0.25) is 4.98 Å². The minimum atomic E-state index is 0.878. The van der Waals surface area contributed by atoms with Crippen LogP contribution < -0.4 is 0 Å². The highest BCUT2D eigenvalue weighted by atomic mass is 79.9. The molecule has 0 aliphatic carbocycles. The molecular formula is C15H14BrN3. The van der Waals surface area contributed by atoms with E-state index < -0.39 is 0 Å². The first kappa shape index (κ1) is 12.4. The summed E-state index contributed by atoms with van der Waals surface area (Å²) in [6.07, 6.45) is 3.61. The maximum atomic E-state index is 4.66. The van der Waals surface area contributed by atoms with Gasteiger partial charge in [-0.05, 0) is 43.2 Å². The number of nitrogens with one attached hydrogen (secondary N) is 1. The molecule has 4 heteroatoms. The molecule has 0 atom stereocenters. The molecule has 0 amide bonds. The Morgan fingerprint density at radius 1 is 1.21 bits per heavy atom. The molecule has 1 N–H and O–H groups in total. The molecule has 0 aliphatic heterocycles. The van der Waals surface area contributed by atoms with E-state index >= 15 is 0 Å². The number of pyridine rings is 1. The second-order valence-electron chi connectivity index (χ2n) is 4.62. The monoisotopic (exact) mass is 315 g/mol. The molecule has 0 bridgehead atoms. The average molecular weight is 316 g/mol. The van der Waals surface area contributed by atoms with Gasteiger partial charge in [-0.15, -0.1) is 0 Å². The molecule has 0 spiro atoms. The summed E-state index contributed by atoms with van der Waals surface area (Å²) in [4.78, 5) is 12.4. The first-order chi connectivity index (χ1) is 9.22. The lowest BCUT2D eigenvalue weighted by atomic mass is 10.2. The standard InChI is InChI=1S/C15H14BrN3/c1-10-8-11(16)9-13-15(10)19-14(18-13)6-5-12-4-2-3-7-17-12/h2-4,7-9H,5-6H2,1H3,(H,18,19). The summed E-state index contributed by atoms with van der Waals surface area (Å²) in [7, 11) is 0. The molecule has 3 nitrogen and oxygen atoms in total. The van der Waals surface area contributed by atoms with Crippen molar-refractivity contribution in [2.75, 3.05) is 0 Å². The molecule has 0 radical (unpaired) electrons. The number of benzene rings is 1. The minimum Gasteiger partial charge on any atom is -0.342 e. The third kappa shape index (κ3) is 2.68. The molecule has 0 fully saturated rings. The Morgan fingerprint density at radius 2 is 2.11 bits per heavy atom. The molecule has 3 rings (SSSR count). The third-order valence-corrected chi connectivity index (χ3v) is 3.59. The highest BCUT2D eigenvalue weighted by molar-refractivity contribution is 9.10.